The average molecular weight is 1050 g/mol. The van der Waals surface area contributed by atoms with Gasteiger partial charge in [0.05, 0.1) is 74.7 Å². The van der Waals surface area contributed by atoms with E-state index in [4.69, 9.17) is 23.5 Å². The number of hydrogen-bond donors (Lipinski definition) is 4. The number of amides is 1. The second-order valence-electron chi connectivity index (χ2n) is 18.2. The van der Waals surface area contributed by atoms with E-state index in [2.05, 4.69) is 60.2 Å². The van der Waals surface area contributed by atoms with Crippen LogP contribution < -0.4 is 30.7 Å². The number of likely N-dealkylation sites (N-methyl/N-ethyl adjacent to an activating group) is 1. The first-order valence-electron chi connectivity index (χ1n) is 24.8. The molecule has 1 fully saturated rings. The summed E-state index contributed by atoms with van der Waals surface area (Å²) in [6.45, 7) is 7.66. The van der Waals surface area contributed by atoms with Crippen LogP contribution in [-0.4, -0.2) is 146 Å². The Morgan fingerprint density at radius 3 is 2.52 bits per heavy atom. The van der Waals surface area contributed by atoms with Crippen molar-refractivity contribution >= 4 is 57.2 Å². The SMILES string of the molecule is CNc1nc2ncc(-c3c(C)noc3C)cc2n1Cc1cccc(OCC(=O)NCCOCCOCCN(C)Sc2ccc(NCC#Cc3cc4c(NC5CCN(C)CC5)cccc4n3CC(F)(F)F)c(OC)c2)c1. The number of carbonyl (C=O) groups is 1. The lowest BCUT2D eigenvalue weighted by Crippen LogP contribution is -2.36. The zero-order valence-electron chi connectivity index (χ0n) is 43.1. The van der Waals surface area contributed by atoms with E-state index in [1.54, 1.807) is 31.5 Å². The smallest absolute Gasteiger partial charge is 0.406 e. The molecule has 0 bridgehead atoms. The summed E-state index contributed by atoms with van der Waals surface area (Å²) in [5, 5.41) is 17.6. The van der Waals surface area contributed by atoms with Crippen LogP contribution in [0.3, 0.4) is 0 Å². The number of carbonyl (C=O) groups excluding carboxylic acids is 1. The molecule has 1 amide bonds. The summed E-state index contributed by atoms with van der Waals surface area (Å²) >= 11 is 1.53. The molecule has 4 aromatic heterocycles. The Kier molecular flexibility index (Phi) is 18.5. The second kappa shape index (κ2) is 25.5. The Labute approximate surface area is 438 Å². The number of rotatable bonds is 24. The van der Waals surface area contributed by atoms with Gasteiger partial charge in [-0.1, -0.05) is 29.3 Å². The maximum absolute atomic E-state index is 13.8. The van der Waals surface area contributed by atoms with Crippen LogP contribution in [-0.2, 0) is 27.4 Å². The van der Waals surface area contributed by atoms with Gasteiger partial charge >= 0.3 is 6.18 Å². The lowest BCUT2D eigenvalue weighted by atomic mass is 10.0. The number of likely N-dealkylation sites (tertiary alicyclic amines) is 1. The van der Waals surface area contributed by atoms with Crippen LogP contribution in [0.2, 0.25) is 0 Å². The number of imidazole rings is 1. The summed E-state index contributed by atoms with van der Waals surface area (Å²) in [7, 11) is 7.46. The molecular weight excluding hydrogens is 988 g/mol. The van der Waals surface area contributed by atoms with Crippen LogP contribution in [0, 0.1) is 25.7 Å². The van der Waals surface area contributed by atoms with E-state index in [0.29, 0.717) is 86.1 Å². The van der Waals surface area contributed by atoms with Gasteiger partial charge in [0.25, 0.3) is 5.91 Å². The first-order chi connectivity index (χ1) is 36.2. The molecule has 7 aromatic rings. The van der Waals surface area contributed by atoms with E-state index in [-0.39, 0.29) is 25.1 Å². The molecule has 5 heterocycles. The Morgan fingerprint density at radius 2 is 1.76 bits per heavy atom. The Morgan fingerprint density at radius 1 is 0.960 bits per heavy atom. The fraction of sp³-hybridized carbons (Fsp3) is 0.407. The molecule has 0 atom stereocenters. The van der Waals surface area contributed by atoms with E-state index in [9.17, 15) is 18.0 Å². The lowest BCUT2D eigenvalue weighted by molar-refractivity contribution is -0.140. The molecule has 1 aliphatic heterocycles. The van der Waals surface area contributed by atoms with Crippen molar-refractivity contribution in [3.8, 4) is 34.5 Å². The monoisotopic (exact) mass is 1050 g/mol. The summed E-state index contributed by atoms with van der Waals surface area (Å²) in [5.74, 6) is 8.31. The van der Waals surface area contributed by atoms with Crippen molar-refractivity contribution < 1.29 is 41.4 Å². The summed E-state index contributed by atoms with van der Waals surface area (Å²) in [6, 6.07) is 22.8. The summed E-state index contributed by atoms with van der Waals surface area (Å²) < 4.78 is 75.1. The normalized spacial score (nSPS) is 13.3. The maximum Gasteiger partial charge on any atom is 0.406 e. The zero-order chi connectivity index (χ0) is 52.9. The van der Waals surface area contributed by atoms with E-state index < -0.39 is 12.7 Å². The second-order valence-corrected chi connectivity index (χ2v) is 19.5. The zero-order valence-corrected chi connectivity index (χ0v) is 43.9. The van der Waals surface area contributed by atoms with Crippen molar-refractivity contribution in [2.75, 3.05) is 110 Å². The number of aryl methyl sites for hydroxylation is 2. The van der Waals surface area contributed by atoms with Gasteiger partial charge in [-0.2, -0.15) is 18.2 Å². The Balaban J connectivity index is 0.715. The molecule has 0 aliphatic carbocycles. The molecule has 1 saturated heterocycles. The third kappa shape index (κ3) is 14.7. The highest BCUT2D eigenvalue weighted by molar-refractivity contribution is 7.97. The largest absolute Gasteiger partial charge is 0.495 e. The molecular formula is C54H64F3N11O6S. The topological polar surface area (TPSA) is 170 Å². The molecule has 0 unspecified atom stereocenters. The van der Waals surface area contributed by atoms with Crippen molar-refractivity contribution in [3.05, 3.63) is 102 Å². The van der Waals surface area contributed by atoms with Crippen molar-refractivity contribution in [2.24, 2.45) is 0 Å². The predicted octanol–water partition coefficient (Wildman–Crippen LogP) is 8.46. The quantitative estimate of drug-likeness (QED) is 0.0258. The summed E-state index contributed by atoms with van der Waals surface area (Å²) in [5.41, 5.74) is 7.32. The minimum Gasteiger partial charge on any atom is -0.495 e. The van der Waals surface area contributed by atoms with Crippen LogP contribution in [0.1, 0.15) is 35.6 Å². The fourth-order valence-corrected chi connectivity index (χ4v) is 9.71. The highest BCUT2D eigenvalue weighted by atomic mass is 32.2. The molecule has 0 saturated carbocycles. The number of nitrogens with zero attached hydrogens (tertiary/aromatic N) is 7. The number of aromatic nitrogens is 5. The Bertz CT molecular complexity index is 3080. The van der Waals surface area contributed by atoms with Crippen molar-refractivity contribution in [3.63, 3.8) is 0 Å². The van der Waals surface area contributed by atoms with Gasteiger partial charge in [-0.15, -0.1) is 0 Å². The van der Waals surface area contributed by atoms with Gasteiger partial charge in [0.15, 0.2) is 12.3 Å². The van der Waals surface area contributed by atoms with Crippen LogP contribution in [0.15, 0.2) is 88.4 Å². The number of anilines is 3. The highest BCUT2D eigenvalue weighted by Gasteiger charge is 2.30. The van der Waals surface area contributed by atoms with Gasteiger partial charge in [-0.3, -0.25) is 4.79 Å². The number of fused-ring (bicyclic) bond motifs is 2. The number of alkyl halides is 3. The number of piperidine rings is 1. The lowest BCUT2D eigenvalue weighted by Gasteiger charge is -2.30. The molecule has 0 spiro atoms. The molecule has 398 valence electrons. The molecule has 17 nitrogen and oxygen atoms in total. The van der Waals surface area contributed by atoms with E-state index >= 15 is 0 Å². The van der Waals surface area contributed by atoms with Gasteiger partial charge in [0, 0.05) is 59.5 Å². The van der Waals surface area contributed by atoms with Gasteiger partial charge in [0.2, 0.25) is 5.95 Å². The van der Waals surface area contributed by atoms with E-state index in [0.717, 1.165) is 75.6 Å². The highest BCUT2D eigenvalue weighted by Crippen LogP contribution is 2.34. The number of nitrogens with one attached hydrogen (secondary N) is 4. The van der Waals surface area contributed by atoms with Gasteiger partial charge < -0.3 is 58.8 Å². The Hall–Kier alpha value is -6.96. The third-order valence-corrected chi connectivity index (χ3v) is 13.6. The van der Waals surface area contributed by atoms with Crippen LogP contribution in [0.5, 0.6) is 11.5 Å². The van der Waals surface area contributed by atoms with Crippen LogP contribution >= 0.6 is 11.9 Å². The van der Waals surface area contributed by atoms with Gasteiger partial charge in [0.1, 0.15) is 23.8 Å². The van der Waals surface area contributed by atoms with Crippen molar-refractivity contribution in [2.45, 2.75) is 56.9 Å². The maximum atomic E-state index is 13.8. The third-order valence-electron chi connectivity index (χ3n) is 12.6. The molecule has 4 N–H and O–H groups in total. The molecule has 0 radical (unpaired) electrons. The molecule has 8 rings (SSSR count). The minimum atomic E-state index is -4.41. The minimum absolute atomic E-state index is 0.146. The molecule has 1 aliphatic rings. The van der Waals surface area contributed by atoms with E-state index in [1.165, 1.54) is 16.5 Å². The first-order valence-corrected chi connectivity index (χ1v) is 25.6. The standard InChI is InChI=1S/C54H64F3N11O6S/c1-36-51(37(2)74-64-36)39-29-48-52(61-32-39)63-53(58-3)67(48)33-38-10-7-12-42(28-38)73-34-50(69)60-20-24-71-26-27-72-25-23-66(5)75-43-15-16-46(49(31-43)70-6)59-19-9-11-41-30-44-45(62-40-17-21-65(4)22-18-40)13-8-14-47(44)68(41)35-54(55,56)57/h7-8,10,12-16,28-32,40,59,62H,17-27,33-35H2,1-6H3,(H,60,69)(H,58,61,63). The first kappa shape index (κ1) is 54.3. The predicted molar refractivity (Wildman–Crippen MR) is 287 cm³/mol. The van der Waals surface area contributed by atoms with Crippen LogP contribution in [0.4, 0.5) is 30.5 Å². The van der Waals surface area contributed by atoms with Crippen molar-refractivity contribution in [1.82, 2.24) is 38.8 Å². The summed E-state index contributed by atoms with van der Waals surface area (Å²) in [4.78, 5) is 25.1. The molecule has 75 heavy (non-hydrogen) atoms. The number of benzene rings is 3. The molecule has 3 aromatic carbocycles. The summed E-state index contributed by atoms with van der Waals surface area (Å²) in [6.07, 6.45) is -0.705. The number of methoxy groups -OCH3 is 1. The van der Waals surface area contributed by atoms with Gasteiger partial charge in [-0.05, 0) is 132 Å². The number of hydrogen-bond acceptors (Lipinski definition) is 15. The van der Waals surface area contributed by atoms with E-state index in [1.807, 2.05) is 91.4 Å². The number of ether oxygens (including phenoxy) is 4. The van der Waals surface area contributed by atoms with Crippen LogP contribution in [0.25, 0.3) is 33.2 Å². The average Bonchev–Trinajstić information content (AvgIpc) is 4.05. The van der Waals surface area contributed by atoms with Gasteiger partial charge in [-0.25, -0.2) is 9.29 Å². The molecule has 21 heteroatoms. The number of halogens is 3. The fourth-order valence-electron chi connectivity index (χ4n) is 8.89. The number of pyridine rings is 1. The van der Waals surface area contributed by atoms with Crippen molar-refractivity contribution in [1.29, 1.82) is 0 Å².